The molecule has 0 N–H and O–H groups in total. The van der Waals surface area contributed by atoms with Gasteiger partial charge in [-0.15, -0.1) is 11.8 Å². The van der Waals surface area contributed by atoms with Crippen LogP contribution in [0.3, 0.4) is 0 Å². The van der Waals surface area contributed by atoms with Crippen molar-refractivity contribution in [3.63, 3.8) is 0 Å². The second kappa shape index (κ2) is 6.41. The first kappa shape index (κ1) is 14.9. The third-order valence-corrected chi connectivity index (χ3v) is 4.80. The molecule has 22 heavy (non-hydrogen) atoms. The topological polar surface area (TPSA) is 22.1 Å². The average molecular weight is 309 g/mol. The minimum absolute atomic E-state index is 0.832. The average Bonchev–Trinajstić information content (AvgIpc) is 2.53. The largest absolute Gasteiger partial charge is 0.494 e. The second-order valence-corrected chi connectivity index (χ2v) is 6.34. The Bertz CT molecular complexity index is 814. The number of methoxy groups -OCH3 is 1. The lowest BCUT2D eigenvalue weighted by molar-refractivity contribution is 0.418. The van der Waals surface area contributed by atoms with Crippen LogP contribution in [0.5, 0.6) is 5.75 Å². The first-order valence-electron chi connectivity index (χ1n) is 7.30. The third-order valence-electron chi connectivity index (χ3n) is 3.84. The van der Waals surface area contributed by atoms with Crippen molar-refractivity contribution in [1.82, 2.24) is 4.98 Å². The molecule has 0 aliphatic heterocycles. The van der Waals surface area contributed by atoms with E-state index in [2.05, 4.69) is 50.2 Å². The van der Waals surface area contributed by atoms with E-state index in [9.17, 15) is 0 Å². The lowest BCUT2D eigenvalue weighted by atomic mass is 10.1. The van der Waals surface area contributed by atoms with Gasteiger partial charge in [0.2, 0.25) is 0 Å². The van der Waals surface area contributed by atoms with Crippen molar-refractivity contribution in [3.8, 4) is 5.75 Å². The van der Waals surface area contributed by atoms with E-state index in [4.69, 9.17) is 9.72 Å². The smallest absolute Gasteiger partial charge is 0.145 e. The Kier molecular flexibility index (Phi) is 4.34. The van der Waals surface area contributed by atoms with Gasteiger partial charge in [-0.25, -0.2) is 4.98 Å². The highest BCUT2D eigenvalue weighted by molar-refractivity contribution is 7.98. The van der Waals surface area contributed by atoms with E-state index < -0.39 is 0 Å². The Balaban J connectivity index is 1.93. The Labute approximate surface area is 135 Å². The quantitative estimate of drug-likeness (QED) is 0.622. The van der Waals surface area contributed by atoms with Gasteiger partial charge in [-0.1, -0.05) is 36.4 Å². The van der Waals surface area contributed by atoms with Gasteiger partial charge in [0, 0.05) is 11.1 Å². The van der Waals surface area contributed by atoms with E-state index in [-0.39, 0.29) is 0 Å². The zero-order valence-corrected chi connectivity index (χ0v) is 13.9. The molecule has 0 amide bonds. The Hall–Kier alpha value is -2.00. The number of benzene rings is 2. The Morgan fingerprint density at radius 2 is 1.82 bits per heavy atom. The van der Waals surface area contributed by atoms with Gasteiger partial charge in [-0.05, 0) is 42.7 Å². The molecule has 0 fully saturated rings. The number of pyridine rings is 1. The third kappa shape index (κ3) is 2.95. The summed E-state index contributed by atoms with van der Waals surface area (Å²) in [6.07, 6.45) is 0. The van der Waals surface area contributed by atoms with Crippen molar-refractivity contribution in [3.05, 3.63) is 65.2 Å². The van der Waals surface area contributed by atoms with Gasteiger partial charge in [0.1, 0.15) is 11.3 Å². The molecule has 0 aliphatic carbocycles. The molecule has 0 unspecified atom stereocenters. The van der Waals surface area contributed by atoms with E-state index in [1.807, 2.05) is 12.1 Å². The van der Waals surface area contributed by atoms with Crippen LogP contribution < -0.4 is 4.74 Å². The monoisotopic (exact) mass is 309 g/mol. The molecule has 2 nitrogen and oxygen atoms in total. The van der Waals surface area contributed by atoms with Crippen molar-refractivity contribution in [2.45, 2.75) is 24.6 Å². The molecule has 0 radical (unpaired) electrons. The number of hydrogen-bond acceptors (Lipinski definition) is 3. The molecule has 0 aliphatic rings. The molecule has 112 valence electrons. The molecule has 1 heterocycles. The van der Waals surface area contributed by atoms with Gasteiger partial charge in [-0.2, -0.15) is 0 Å². The van der Waals surface area contributed by atoms with Crippen molar-refractivity contribution in [1.29, 1.82) is 0 Å². The van der Waals surface area contributed by atoms with Crippen molar-refractivity contribution < 1.29 is 4.74 Å². The summed E-state index contributed by atoms with van der Waals surface area (Å²) in [5, 5.41) is 2.19. The highest BCUT2D eigenvalue weighted by Gasteiger charge is 2.08. The molecular weight excluding hydrogens is 290 g/mol. The highest BCUT2D eigenvalue weighted by atomic mass is 32.2. The number of aryl methyl sites for hydroxylation is 2. The SMILES string of the molecule is COc1cccc2c(C)cc(SCc3ccccc3C)nc12. The summed E-state index contributed by atoms with van der Waals surface area (Å²) >= 11 is 1.77. The highest BCUT2D eigenvalue weighted by Crippen LogP contribution is 2.31. The van der Waals surface area contributed by atoms with Crippen molar-refractivity contribution in [2.75, 3.05) is 7.11 Å². The van der Waals surface area contributed by atoms with Crippen LogP contribution in [0.4, 0.5) is 0 Å². The molecule has 0 spiro atoms. The van der Waals surface area contributed by atoms with Crippen LogP contribution in [-0.2, 0) is 5.75 Å². The summed E-state index contributed by atoms with van der Waals surface area (Å²) in [5.74, 6) is 1.76. The first-order valence-corrected chi connectivity index (χ1v) is 8.29. The molecule has 3 aromatic rings. The molecule has 3 heteroatoms. The zero-order chi connectivity index (χ0) is 15.5. The van der Waals surface area contributed by atoms with Gasteiger partial charge >= 0.3 is 0 Å². The summed E-state index contributed by atoms with van der Waals surface area (Å²) in [5.41, 5.74) is 4.85. The van der Waals surface area contributed by atoms with Crippen LogP contribution in [0.2, 0.25) is 0 Å². The minimum atomic E-state index is 0.832. The van der Waals surface area contributed by atoms with Gasteiger partial charge < -0.3 is 4.74 Å². The van der Waals surface area contributed by atoms with Gasteiger partial charge in [0.15, 0.2) is 0 Å². The fourth-order valence-corrected chi connectivity index (χ4v) is 3.57. The molecule has 0 saturated carbocycles. The van der Waals surface area contributed by atoms with Gasteiger partial charge in [0.05, 0.1) is 12.1 Å². The van der Waals surface area contributed by atoms with E-state index in [1.165, 1.54) is 16.7 Å². The van der Waals surface area contributed by atoms with E-state index in [0.717, 1.165) is 27.4 Å². The van der Waals surface area contributed by atoms with Crippen LogP contribution in [-0.4, -0.2) is 12.1 Å². The van der Waals surface area contributed by atoms with Crippen molar-refractivity contribution >= 4 is 22.7 Å². The van der Waals surface area contributed by atoms with Gasteiger partial charge in [-0.3, -0.25) is 0 Å². The zero-order valence-electron chi connectivity index (χ0n) is 13.1. The number of rotatable bonds is 4. The molecule has 0 bridgehead atoms. The maximum absolute atomic E-state index is 5.45. The summed E-state index contributed by atoms with van der Waals surface area (Å²) in [4.78, 5) is 4.79. The molecule has 3 rings (SSSR count). The predicted molar refractivity (Wildman–Crippen MR) is 93.8 cm³/mol. The van der Waals surface area contributed by atoms with Crippen LogP contribution in [0.1, 0.15) is 16.7 Å². The van der Waals surface area contributed by atoms with Crippen LogP contribution in [0.25, 0.3) is 10.9 Å². The summed E-state index contributed by atoms with van der Waals surface area (Å²) in [6.45, 7) is 4.28. The summed E-state index contributed by atoms with van der Waals surface area (Å²) in [6, 6.07) is 16.7. The number of hydrogen-bond donors (Lipinski definition) is 0. The fourth-order valence-electron chi connectivity index (χ4n) is 2.52. The second-order valence-electron chi connectivity index (χ2n) is 5.35. The summed E-state index contributed by atoms with van der Waals surface area (Å²) in [7, 11) is 1.69. The van der Waals surface area contributed by atoms with Crippen molar-refractivity contribution in [2.24, 2.45) is 0 Å². The van der Waals surface area contributed by atoms with E-state index in [1.54, 1.807) is 18.9 Å². The standard InChI is InChI=1S/C19H19NOS/c1-13-7-4-5-8-15(13)12-22-18-11-14(2)16-9-6-10-17(21-3)19(16)20-18/h4-11H,12H2,1-3H3. The molecule has 0 saturated heterocycles. The van der Waals surface area contributed by atoms with Gasteiger partial charge in [0.25, 0.3) is 0 Å². The van der Waals surface area contributed by atoms with Crippen LogP contribution in [0, 0.1) is 13.8 Å². The summed E-state index contributed by atoms with van der Waals surface area (Å²) < 4.78 is 5.45. The first-order chi connectivity index (χ1) is 10.7. The Morgan fingerprint density at radius 3 is 2.59 bits per heavy atom. The minimum Gasteiger partial charge on any atom is -0.494 e. The lowest BCUT2D eigenvalue weighted by Gasteiger charge is -2.10. The number of nitrogens with zero attached hydrogens (tertiary/aromatic N) is 1. The van der Waals surface area contributed by atoms with Crippen LogP contribution >= 0.6 is 11.8 Å². The molecule has 1 aromatic heterocycles. The fraction of sp³-hybridized carbons (Fsp3) is 0.211. The molecule has 0 atom stereocenters. The molecule has 2 aromatic carbocycles. The molecular formula is C19H19NOS. The predicted octanol–water partition coefficient (Wildman–Crippen LogP) is 5.15. The van der Waals surface area contributed by atoms with E-state index in [0.29, 0.717) is 0 Å². The number of para-hydroxylation sites is 1. The maximum atomic E-state index is 5.45. The van der Waals surface area contributed by atoms with Crippen LogP contribution in [0.15, 0.2) is 53.6 Å². The number of aromatic nitrogens is 1. The van der Waals surface area contributed by atoms with E-state index >= 15 is 0 Å². The number of thioether (sulfide) groups is 1. The Morgan fingerprint density at radius 1 is 1.00 bits per heavy atom. The lowest BCUT2D eigenvalue weighted by Crippen LogP contribution is -1.92. The normalized spacial score (nSPS) is 10.9. The maximum Gasteiger partial charge on any atom is 0.145 e. The number of ether oxygens (including phenoxy) is 1. The number of fused-ring (bicyclic) bond motifs is 1.